The SMILES string of the molecule is C[C@@H](O)[C@H](NC(=O)[C@@H]1CCCN1C(=O)[C@H]1CCN(C(=O)[C@@H](NC(=O)O)[C@@H](C)O[Si](C)(C)C(C)(C)C)C1)C(N)=O. The molecule has 2 aliphatic rings. The Bertz CT molecular complexity index is 953. The van der Waals surface area contributed by atoms with Crippen molar-refractivity contribution in [2.45, 2.75) is 102 Å². The number of nitrogens with zero attached hydrogens (tertiary/aromatic N) is 2. The average molecular weight is 572 g/mol. The molecule has 0 saturated carbocycles. The number of amides is 5. The zero-order valence-electron chi connectivity index (χ0n) is 24.0. The van der Waals surface area contributed by atoms with Gasteiger partial charge in [0.25, 0.3) is 0 Å². The van der Waals surface area contributed by atoms with Gasteiger partial charge in [-0.25, -0.2) is 4.79 Å². The predicted molar refractivity (Wildman–Crippen MR) is 145 cm³/mol. The van der Waals surface area contributed by atoms with Gasteiger partial charge in [-0.05, 0) is 51.2 Å². The molecule has 2 saturated heterocycles. The summed E-state index contributed by atoms with van der Waals surface area (Å²) in [6, 6.07) is -3.23. The van der Waals surface area contributed by atoms with Crippen LogP contribution in [0.1, 0.15) is 53.9 Å². The van der Waals surface area contributed by atoms with Gasteiger partial charge in [-0.3, -0.25) is 19.2 Å². The molecule has 6 atom stereocenters. The maximum Gasteiger partial charge on any atom is 0.405 e. The average Bonchev–Trinajstić information content (AvgIpc) is 3.48. The smallest absolute Gasteiger partial charge is 0.405 e. The number of nitrogens with two attached hydrogens (primary N) is 1. The van der Waals surface area contributed by atoms with Gasteiger partial charge < -0.3 is 40.8 Å². The van der Waals surface area contributed by atoms with Crippen LogP contribution in [0.2, 0.25) is 18.1 Å². The number of carbonyl (C=O) groups is 5. The number of primary amides is 1. The van der Waals surface area contributed by atoms with Crippen LogP contribution in [0.5, 0.6) is 0 Å². The Balaban J connectivity index is 2.11. The van der Waals surface area contributed by atoms with Gasteiger partial charge in [0.2, 0.25) is 23.6 Å². The van der Waals surface area contributed by atoms with Crippen molar-refractivity contribution in [1.82, 2.24) is 20.4 Å². The molecular weight excluding hydrogens is 526 g/mol. The molecule has 6 N–H and O–H groups in total. The standard InChI is InChI=1S/C25H45N5O8Si/c1-14(31)18(20(26)32)27-21(33)17-9-8-11-30(17)22(34)16-10-12-29(13-16)23(35)19(28-24(36)37)15(2)38-39(6,7)25(3,4)5/h14-19,28,31H,8-13H2,1-7H3,(H2,26,32)(H,27,33)(H,36,37)/t14-,15-,16+,17+,18+,19+/m1/s1. The summed E-state index contributed by atoms with van der Waals surface area (Å²) in [7, 11) is -2.31. The molecule has 14 heteroatoms. The van der Waals surface area contributed by atoms with Crippen LogP contribution in [0.25, 0.3) is 0 Å². The lowest BCUT2D eigenvalue weighted by molar-refractivity contribution is -0.142. The predicted octanol–water partition coefficient (Wildman–Crippen LogP) is 0.223. The molecule has 2 fully saturated rings. The highest BCUT2D eigenvalue weighted by molar-refractivity contribution is 6.74. The molecule has 2 rings (SSSR count). The Morgan fingerprint density at radius 2 is 1.64 bits per heavy atom. The van der Waals surface area contributed by atoms with Gasteiger partial charge in [0, 0.05) is 19.6 Å². The van der Waals surface area contributed by atoms with Gasteiger partial charge in [0.15, 0.2) is 8.32 Å². The van der Waals surface area contributed by atoms with E-state index in [1.54, 1.807) is 6.92 Å². The van der Waals surface area contributed by atoms with Crippen molar-refractivity contribution in [3.05, 3.63) is 0 Å². The van der Waals surface area contributed by atoms with E-state index in [0.717, 1.165) is 0 Å². The van der Waals surface area contributed by atoms with Crippen molar-refractivity contribution in [3.63, 3.8) is 0 Å². The number of likely N-dealkylation sites (tertiary alicyclic amines) is 2. The van der Waals surface area contributed by atoms with Crippen LogP contribution in [0, 0.1) is 5.92 Å². The van der Waals surface area contributed by atoms with E-state index in [0.29, 0.717) is 25.8 Å². The third-order valence-electron chi connectivity index (χ3n) is 8.08. The molecule has 0 bridgehead atoms. The highest BCUT2D eigenvalue weighted by atomic mass is 28.4. The minimum absolute atomic E-state index is 0.0880. The molecule has 13 nitrogen and oxygen atoms in total. The van der Waals surface area contributed by atoms with Crippen molar-refractivity contribution in [1.29, 1.82) is 0 Å². The third kappa shape index (κ3) is 7.91. The molecule has 222 valence electrons. The molecule has 39 heavy (non-hydrogen) atoms. The summed E-state index contributed by atoms with van der Waals surface area (Å²) in [5, 5.41) is 23.8. The van der Waals surface area contributed by atoms with Gasteiger partial charge >= 0.3 is 6.09 Å². The summed E-state index contributed by atoms with van der Waals surface area (Å²) in [6.45, 7) is 13.9. The zero-order chi connectivity index (χ0) is 29.9. The molecule has 2 aliphatic heterocycles. The molecular formula is C25H45N5O8Si. The van der Waals surface area contributed by atoms with Crippen LogP contribution in [-0.2, 0) is 23.6 Å². The van der Waals surface area contributed by atoms with Crippen molar-refractivity contribution in [3.8, 4) is 0 Å². The Labute approximate surface area is 230 Å². The number of carbonyl (C=O) groups excluding carboxylic acids is 4. The second kappa shape index (κ2) is 12.6. The number of nitrogens with one attached hydrogen (secondary N) is 2. The summed E-state index contributed by atoms with van der Waals surface area (Å²) in [5.74, 6) is -2.76. The van der Waals surface area contributed by atoms with Crippen LogP contribution < -0.4 is 16.4 Å². The number of aliphatic hydroxyl groups is 1. The van der Waals surface area contributed by atoms with E-state index in [2.05, 4.69) is 10.6 Å². The summed E-state index contributed by atoms with van der Waals surface area (Å²) >= 11 is 0. The highest BCUT2D eigenvalue weighted by Crippen LogP contribution is 2.37. The van der Waals surface area contributed by atoms with Crippen LogP contribution in [0.4, 0.5) is 4.79 Å². The minimum atomic E-state index is -2.31. The van der Waals surface area contributed by atoms with E-state index in [1.807, 2.05) is 33.9 Å². The summed E-state index contributed by atoms with van der Waals surface area (Å²) in [6.07, 6.45) is -1.91. The van der Waals surface area contributed by atoms with Crippen molar-refractivity contribution in [2.24, 2.45) is 11.7 Å². The lowest BCUT2D eigenvalue weighted by atomic mass is 10.1. The Morgan fingerprint density at radius 3 is 2.15 bits per heavy atom. The van der Waals surface area contributed by atoms with Gasteiger partial charge in [-0.15, -0.1) is 0 Å². The number of rotatable bonds is 10. The normalized spacial score (nSPS) is 23.1. The van der Waals surface area contributed by atoms with Crippen LogP contribution in [0.3, 0.4) is 0 Å². The molecule has 0 aromatic carbocycles. The Hall–Kier alpha value is -2.71. The van der Waals surface area contributed by atoms with E-state index in [4.69, 9.17) is 10.2 Å². The molecule has 0 aromatic heterocycles. The zero-order valence-corrected chi connectivity index (χ0v) is 25.0. The number of hydrogen-bond donors (Lipinski definition) is 5. The Kier molecular flexibility index (Phi) is 10.5. The summed E-state index contributed by atoms with van der Waals surface area (Å²) in [5.41, 5.74) is 5.27. The van der Waals surface area contributed by atoms with Crippen molar-refractivity contribution < 1.29 is 38.6 Å². The number of aliphatic hydroxyl groups excluding tert-OH is 1. The fraction of sp³-hybridized carbons (Fsp3) is 0.800. The molecule has 0 unspecified atom stereocenters. The van der Waals surface area contributed by atoms with Gasteiger partial charge in [0.1, 0.15) is 18.1 Å². The van der Waals surface area contributed by atoms with Crippen molar-refractivity contribution >= 4 is 38.0 Å². The maximum absolute atomic E-state index is 13.4. The topological polar surface area (TPSA) is 192 Å². The van der Waals surface area contributed by atoms with E-state index in [1.165, 1.54) is 16.7 Å². The first-order valence-corrected chi connectivity index (χ1v) is 16.3. The van der Waals surface area contributed by atoms with Crippen LogP contribution >= 0.6 is 0 Å². The van der Waals surface area contributed by atoms with Gasteiger partial charge in [0.05, 0.1) is 18.1 Å². The second-order valence-corrected chi connectivity index (χ2v) is 16.9. The second-order valence-electron chi connectivity index (χ2n) is 12.1. The number of carboxylic acid groups (broad SMARTS) is 1. The first-order chi connectivity index (χ1) is 17.9. The van der Waals surface area contributed by atoms with Gasteiger partial charge in [-0.2, -0.15) is 0 Å². The lowest BCUT2D eigenvalue weighted by Gasteiger charge is -2.40. The minimum Gasteiger partial charge on any atom is -0.465 e. The molecule has 2 heterocycles. The van der Waals surface area contributed by atoms with E-state index in [-0.39, 0.29) is 24.0 Å². The molecule has 0 aliphatic carbocycles. The van der Waals surface area contributed by atoms with E-state index in [9.17, 15) is 34.2 Å². The molecule has 0 aromatic rings. The number of hydrogen-bond acceptors (Lipinski definition) is 7. The van der Waals surface area contributed by atoms with Gasteiger partial charge in [-0.1, -0.05) is 20.8 Å². The molecule has 0 spiro atoms. The lowest BCUT2D eigenvalue weighted by Crippen LogP contribution is -2.57. The van der Waals surface area contributed by atoms with E-state index < -0.39 is 68.4 Å². The largest absolute Gasteiger partial charge is 0.465 e. The quantitative estimate of drug-likeness (QED) is 0.230. The highest BCUT2D eigenvalue weighted by Gasteiger charge is 2.45. The van der Waals surface area contributed by atoms with Crippen LogP contribution in [0.15, 0.2) is 0 Å². The molecule has 0 radical (unpaired) electrons. The maximum atomic E-state index is 13.4. The van der Waals surface area contributed by atoms with Crippen LogP contribution in [-0.4, -0.2) is 108 Å². The fourth-order valence-electron chi connectivity index (χ4n) is 4.80. The first-order valence-electron chi connectivity index (χ1n) is 13.4. The Morgan fingerprint density at radius 1 is 1.03 bits per heavy atom. The monoisotopic (exact) mass is 571 g/mol. The third-order valence-corrected chi connectivity index (χ3v) is 12.6. The first kappa shape index (κ1) is 32.5. The molecule has 5 amide bonds. The van der Waals surface area contributed by atoms with Crippen molar-refractivity contribution in [2.75, 3.05) is 19.6 Å². The van der Waals surface area contributed by atoms with E-state index >= 15 is 0 Å². The summed E-state index contributed by atoms with van der Waals surface area (Å²) < 4.78 is 6.30. The summed E-state index contributed by atoms with van der Waals surface area (Å²) in [4.78, 5) is 65.7. The fourth-order valence-corrected chi connectivity index (χ4v) is 6.22.